The van der Waals surface area contributed by atoms with E-state index >= 15 is 0 Å². The summed E-state index contributed by atoms with van der Waals surface area (Å²) < 4.78 is 0. The Balaban J connectivity index is 1.74. The van der Waals surface area contributed by atoms with Gasteiger partial charge in [-0.05, 0) is 50.6 Å². The normalized spacial score (nSPS) is 13.1. The van der Waals surface area contributed by atoms with Crippen molar-refractivity contribution in [2.75, 3.05) is 24.2 Å². The van der Waals surface area contributed by atoms with Gasteiger partial charge >= 0.3 is 0 Å². The maximum atomic E-state index is 12.8. The molecule has 1 aliphatic carbocycles. The molecule has 1 fully saturated rings. The number of hydrogen-bond donors (Lipinski definition) is 1. The number of nitriles is 1. The smallest absolute Gasteiger partial charge is 0.253 e. The molecule has 0 bridgehead atoms. The number of carbonyl (C=O) groups excluding carboxylic acids is 1. The van der Waals surface area contributed by atoms with Crippen LogP contribution in [0.3, 0.4) is 0 Å². The predicted octanol–water partition coefficient (Wildman–Crippen LogP) is 3.72. The summed E-state index contributed by atoms with van der Waals surface area (Å²) >= 11 is 1.41. The number of amides is 1. The molecular weight excluding hydrogens is 370 g/mol. The second-order valence-electron chi connectivity index (χ2n) is 6.74. The fraction of sp³-hybridized carbons (Fsp3) is 0.429. The highest BCUT2D eigenvalue weighted by Gasteiger charge is 2.28. The summed E-state index contributed by atoms with van der Waals surface area (Å²) in [5.41, 5.74) is 2.60. The second kappa shape index (κ2) is 9.07. The van der Waals surface area contributed by atoms with Gasteiger partial charge in [0.25, 0.3) is 5.91 Å². The van der Waals surface area contributed by atoms with E-state index in [1.807, 2.05) is 18.4 Å². The SMILES string of the molecule is CCN(CC)c1ccc(CNC(=O)c2cc(C3CC3)nc(SC)c2C#N)cn1. The standard InChI is InChI=1S/C21H25N5OS/c1-4-26(5-2)19-9-6-14(12-23-19)13-24-20(27)16-10-18(15-7-8-15)25-21(28-3)17(16)11-22/h6,9-10,12,15H,4-5,7-8,13H2,1-3H3,(H,24,27). The van der Waals surface area contributed by atoms with Crippen LogP contribution in [0.15, 0.2) is 29.4 Å². The van der Waals surface area contributed by atoms with Crippen LogP contribution < -0.4 is 10.2 Å². The van der Waals surface area contributed by atoms with Crippen LogP contribution in [0.4, 0.5) is 5.82 Å². The molecule has 1 N–H and O–H groups in total. The van der Waals surface area contributed by atoms with Crippen molar-refractivity contribution >= 4 is 23.5 Å². The molecule has 7 heteroatoms. The summed E-state index contributed by atoms with van der Waals surface area (Å²) in [5.74, 6) is 1.10. The highest BCUT2D eigenvalue weighted by Crippen LogP contribution is 2.40. The largest absolute Gasteiger partial charge is 0.357 e. The minimum absolute atomic E-state index is 0.246. The summed E-state index contributed by atoms with van der Waals surface area (Å²) in [6.07, 6.45) is 5.86. The fourth-order valence-corrected chi connectivity index (χ4v) is 3.65. The van der Waals surface area contributed by atoms with E-state index in [0.29, 0.717) is 28.6 Å². The molecule has 28 heavy (non-hydrogen) atoms. The molecule has 0 atom stereocenters. The summed E-state index contributed by atoms with van der Waals surface area (Å²) in [6, 6.07) is 7.88. The number of nitrogens with one attached hydrogen (secondary N) is 1. The van der Waals surface area contributed by atoms with Crippen molar-refractivity contribution in [3.63, 3.8) is 0 Å². The first-order chi connectivity index (χ1) is 13.6. The van der Waals surface area contributed by atoms with Crippen LogP contribution in [-0.4, -0.2) is 35.2 Å². The molecule has 2 aromatic rings. The van der Waals surface area contributed by atoms with E-state index in [0.717, 1.165) is 43.0 Å². The molecule has 3 rings (SSSR count). The van der Waals surface area contributed by atoms with Gasteiger partial charge in [0.1, 0.15) is 16.9 Å². The Labute approximate surface area is 170 Å². The topological polar surface area (TPSA) is 81.9 Å². The minimum atomic E-state index is -0.246. The van der Waals surface area contributed by atoms with Gasteiger partial charge in [-0.15, -0.1) is 11.8 Å². The van der Waals surface area contributed by atoms with Crippen LogP contribution in [0.1, 0.15) is 59.8 Å². The first-order valence-electron chi connectivity index (χ1n) is 9.58. The maximum Gasteiger partial charge on any atom is 0.253 e. The molecule has 2 aromatic heterocycles. The number of pyridine rings is 2. The molecule has 6 nitrogen and oxygen atoms in total. The Morgan fingerprint density at radius 1 is 1.36 bits per heavy atom. The number of rotatable bonds is 8. The van der Waals surface area contributed by atoms with Crippen molar-refractivity contribution in [3.8, 4) is 6.07 Å². The average Bonchev–Trinajstić information content (AvgIpc) is 3.58. The van der Waals surface area contributed by atoms with Crippen molar-refractivity contribution in [2.45, 2.75) is 44.2 Å². The van der Waals surface area contributed by atoms with Crippen molar-refractivity contribution in [1.29, 1.82) is 5.26 Å². The highest BCUT2D eigenvalue weighted by atomic mass is 32.2. The van der Waals surface area contributed by atoms with E-state index in [4.69, 9.17) is 0 Å². The number of anilines is 1. The Morgan fingerprint density at radius 3 is 2.64 bits per heavy atom. The molecule has 146 valence electrons. The van der Waals surface area contributed by atoms with E-state index in [1.165, 1.54) is 11.8 Å². The van der Waals surface area contributed by atoms with Crippen LogP contribution in [0.5, 0.6) is 0 Å². The zero-order valence-corrected chi connectivity index (χ0v) is 17.3. The van der Waals surface area contributed by atoms with Gasteiger partial charge in [0.05, 0.1) is 11.1 Å². The molecule has 1 saturated carbocycles. The summed E-state index contributed by atoms with van der Waals surface area (Å²) in [6.45, 7) is 6.36. The van der Waals surface area contributed by atoms with Crippen molar-refractivity contribution in [2.24, 2.45) is 0 Å². The van der Waals surface area contributed by atoms with E-state index < -0.39 is 0 Å². The zero-order chi connectivity index (χ0) is 20.1. The lowest BCUT2D eigenvalue weighted by molar-refractivity contribution is 0.0950. The quantitative estimate of drug-likeness (QED) is 0.686. The van der Waals surface area contributed by atoms with Crippen LogP contribution >= 0.6 is 11.8 Å². The number of aromatic nitrogens is 2. The van der Waals surface area contributed by atoms with Gasteiger partial charge in [-0.3, -0.25) is 4.79 Å². The van der Waals surface area contributed by atoms with Gasteiger partial charge in [0.2, 0.25) is 0 Å². The van der Waals surface area contributed by atoms with Crippen molar-refractivity contribution in [1.82, 2.24) is 15.3 Å². The number of nitrogens with zero attached hydrogens (tertiary/aromatic N) is 4. The van der Waals surface area contributed by atoms with E-state index in [9.17, 15) is 10.1 Å². The van der Waals surface area contributed by atoms with Gasteiger partial charge in [-0.2, -0.15) is 5.26 Å². The van der Waals surface area contributed by atoms with E-state index in [1.54, 1.807) is 12.3 Å². The number of hydrogen-bond acceptors (Lipinski definition) is 6. The lowest BCUT2D eigenvalue weighted by Crippen LogP contribution is -2.25. The van der Waals surface area contributed by atoms with E-state index in [2.05, 4.69) is 40.1 Å². The number of carbonyl (C=O) groups is 1. The summed E-state index contributed by atoms with van der Waals surface area (Å²) in [5, 5.41) is 13.1. The van der Waals surface area contributed by atoms with Gasteiger partial charge < -0.3 is 10.2 Å². The fourth-order valence-electron chi connectivity index (χ4n) is 3.10. The molecule has 1 amide bonds. The molecule has 0 aromatic carbocycles. The zero-order valence-electron chi connectivity index (χ0n) is 16.5. The van der Waals surface area contributed by atoms with Crippen LogP contribution in [-0.2, 0) is 6.54 Å². The Kier molecular flexibility index (Phi) is 6.53. The Bertz CT molecular complexity index is 883. The molecule has 0 saturated heterocycles. The Hall–Kier alpha value is -2.59. The molecule has 0 aliphatic heterocycles. The lowest BCUT2D eigenvalue weighted by Gasteiger charge is -2.19. The lowest BCUT2D eigenvalue weighted by atomic mass is 10.1. The monoisotopic (exact) mass is 395 g/mol. The third kappa shape index (κ3) is 4.45. The summed E-state index contributed by atoms with van der Waals surface area (Å²) in [7, 11) is 0. The average molecular weight is 396 g/mol. The first-order valence-corrected chi connectivity index (χ1v) is 10.8. The minimum Gasteiger partial charge on any atom is -0.357 e. The van der Waals surface area contributed by atoms with Crippen molar-refractivity contribution in [3.05, 3.63) is 46.8 Å². The molecular formula is C21H25N5OS. The molecule has 2 heterocycles. The van der Waals surface area contributed by atoms with E-state index in [-0.39, 0.29) is 5.91 Å². The second-order valence-corrected chi connectivity index (χ2v) is 7.54. The van der Waals surface area contributed by atoms with Gasteiger partial charge in [-0.25, -0.2) is 9.97 Å². The molecule has 0 spiro atoms. The highest BCUT2D eigenvalue weighted by molar-refractivity contribution is 7.98. The first kappa shape index (κ1) is 20.2. The molecule has 0 radical (unpaired) electrons. The number of thioether (sulfide) groups is 1. The van der Waals surface area contributed by atoms with Crippen molar-refractivity contribution < 1.29 is 4.79 Å². The predicted molar refractivity (Wildman–Crippen MR) is 112 cm³/mol. The third-order valence-electron chi connectivity index (χ3n) is 4.90. The Morgan fingerprint density at radius 2 is 2.11 bits per heavy atom. The van der Waals surface area contributed by atoms with Crippen LogP contribution in [0.2, 0.25) is 0 Å². The maximum absolute atomic E-state index is 12.8. The van der Waals surface area contributed by atoms with Crippen LogP contribution in [0, 0.1) is 11.3 Å². The van der Waals surface area contributed by atoms with Gasteiger partial charge in [0, 0.05) is 37.4 Å². The van der Waals surface area contributed by atoms with Gasteiger partial charge in [-0.1, -0.05) is 6.07 Å². The molecule has 0 unspecified atom stereocenters. The van der Waals surface area contributed by atoms with Gasteiger partial charge in [0.15, 0.2) is 0 Å². The third-order valence-corrected chi connectivity index (χ3v) is 5.58. The van der Waals surface area contributed by atoms with Crippen LogP contribution in [0.25, 0.3) is 0 Å². The summed E-state index contributed by atoms with van der Waals surface area (Å²) in [4.78, 5) is 24.0. The molecule has 1 aliphatic rings.